The lowest BCUT2D eigenvalue weighted by Gasteiger charge is -2.43. The third kappa shape index (κ3) is 5.24. The van der Waals surface area contributed by atoms with Crippen LogP contribution in [0.15, 0.2) is 88.1 Å². The van der Waals surface area contributed by atoms with Gasteiger partial charge in [0.25, 0.3) is 5.56 Å². The van der Waals surface area contributed by atoms with Crippen molar-refractivity contribution in [3.63, 3.8) is 0 Å². The van der Waals surface area contributed by atoms with Crippen LogP contribution in [0.4, 0.5) is 0 Å². The highest BCUT2D eigenvalue weighted by atomic mass is 79.9. The Kier molecular flexibility index (Phi) is 7.53. The number of nitrogens with zero attached hydrogens (tertiary/aromatic N) is 4. The molecule has 4 aromatic rings. The van der Waals surface area contributed by atoms with Crippen LogP contribution in [-0.4, -0.2) is 50.9 Å². The van der Waals surface area contributed by atoms with Gasteiger partial charge in [-0.3, -0.25) is 19.1 Å². The lowest BCUT2D eigenvalue weighted by atomic mass is 10.1. The number of hydrogen-bond acceptors (Lipinski definition) is 4. The van der Waals surface area contributed by atoms with Gasteiger partial charge in [-0.15, -0.1) is 0 Å². The van der Waals surface area contributed by atoms with Crippen molar-refractivity contribution in [1.29, 1.82) is 0 Å². The van der Waals surface area contributed by atoms with Gasteiger partial charge in [0.15, 0.2) is 0 Å². The van der Waals surface area contributed by atoms with Gasteiger partial charge in [0.05, 0.1) is 29.1 Å². The van der Waals surface area contributed by atoms with Crippen LogP contribution in [0.2, 0.25) is 0 Å². The number of aromatic nitrogens is 2. The first-order chi connectivity index (χ1) is 18.0. The molecule has 1 fully saturated rings. The Bertz CT molecular complexity index is 1450. The van der Waals surface area contributed by atoms with Gasteiger partial charge in [0.1, 0.15) is 5.82 Å². The summed E-state index contributed by atoms with van der Waals surface area (Å²) in [5.41, 5.74) is 2.47. The Hall–Kier alpha value is -3.29. The van der Waals surface area contributed by atoms with Gasteiger partial charge >= 0.3 is 0 Å². The maximum atomic E-state index is 13.8. The molecule has 190 valence electrons. The lowest BCUT2D eigenvalue weighted by Crippen LogP contribution is -2.55. The Morgan fingerprint density at radius 1 is 1.00 bits per heavy atom. The fourth-order valence-electron chi connectivity index (χ4n) is 5.33. The predicted octanol–water partition coefficient (Wildman–Crippen LogP) is 5.37. The standard InChI is InChI=1S/C30H31BrN4O2/c1-3-27(33-17-18-34(21(2)20-33)28(36)19-22-9-5-4-6-10-22)29-32-26-12-8-7-11-25(26)30(37)35(29)24-15-13-23(31)14-16-24/h4-16,21,27H,3,17-20H2,1-2H3. The average molecular weight is 560 g/mol. The molecule has 0 radical (unpaired) electrons. The maximum Gasteiger partial charge on any atom is 0.266 e. The summed E-state index contributed by atoms with van der Waals surface area (Å²) in [6, 6.07) is 25.2. The summed E-state index contributed by atoms with van der Waals surface area (Å²) in [5, 5.41) is 0.605. The molecule has 5 rings (SSSR count). The molecule has 7 heteroatoms. The molecule has 3 aromatic carbocycles. The van der Waals surface area contributed by atoms with Gasteiger partial charge in [-0.2, -0.15) is 0 Å². The van der Waals surface area contributed by atoms with Crippen LogP contribution in [0, 0.1) is 0 Å². The normalized spacial score (nSPS) is 17.2. The second kappa shape index (κ2) is 11.0. The Morgan fingerprint density at radius 3 is 2.41 bits per heavy atom. The van der Waals surface area contributed by atoms with E-state index < -0.39 is 0 Å². The number of para-hydroxylation sites is 1. The van der Waals surface area contributed by atoms with Crippen molar-refractivity contribution in [2.24, 2.45) is 0 Å². The molecule has 0 N–H and O–H groups in total. The molecule has 37 heavy (non-hydrogen) atoms. The predicted molar refractivity (Wildman–Crippen MR) is 151 cm³/mol. The highest BCUT2D eigenvalue weighted by Gasteiger charge is 2.33. The number of benzene rings is 3. The monoisotopic (exact) mass is 558 g/mol. The number of rotatable bonds is 6. The molecule has 1 saturated heterocycles. The molecule has 0 saturated carbocycles. The first-order valence-corrected chi connectivity index (χ1v) is 13.6. The van der Waals surface area contributed by atoms with Crippen LogP contribution in [0.3, 0.4) is 0 Å². The first kappa shape index (κ1) is 25.4. The fourth-order valence-corrected chi connectivity index (χ4v) is 5.59. The van der Waals surface area contributed by atoms with E-state index in [1.165, 1.54) is 0 Å². The summed E-state index contributed by atoms with van der Waals surface area (Å²) >= 11 is 3.50. The Balaban J connectivity index is 1.46. The molecule has 2 atom stereocenters. The van der Waals surface area contributed by atoms with E-state index in [1.807, 2.05) is 83.8 Å². The molecular weight excluding hydrogens is 528 g/mol. The summed E-state index contributed by atoms with van der Waals surface area (Å²) in [6.45, 7) is 6.35. The van der Waals surface area contributed by atoms with Gasteiger partial charge < -0.3 is 4.90 Å². The smallest absolute Gasteiger partial charge is 0.266 e. The average Bonchev–Trinajstić information content (AvgIpc) is 2.91. The summed E-state index contributed by atoms with van der Waals surface area (Å²) < 4.78 is 2.72. The zero-order valence-corrected chi connectivity index (χ0v) is 22.8. The van der Waals surface area contributed by atoms with Crippen molar-refractivity contribution in [2.45, 2.75) is 38.8 Å². The lowest BCUT2D eigenvalue weighted by molar-refractivity contribution is -0.135. The Morgan fingerprint density at radius 2 is 1.70 bits per heavy atom. The van der Waals surface area contributed by atoms with E-state index in [-0.39, 0.29) is 23.6 Å². The summed E-state index contributed by atoms with van der Waals surface area (Å²) in [5.74, 6) is 0.895. The molecule has 2 unspecified atom stereocenters. The number of hydrogen-bond donors (Lipinski definition) is 0. The maximum absolute atomic E-state index is 13.8. The van der Waals surface area contributed by atoms with Crippen LogP contribution >= 0.6 is 15.9 Å². The van der Waals surface area contributed by atoms with Gasteiger partial charge in [-0.25, -0.2) is 4.98 Å². The van der Waals surface area contributed by atoms with Crippen LogP contribution in [0.1, 0.15) is 37.7 Å². The van der Waals surface area contributed by atoms with E-state index in [9.17, 15) is 9.59 Å². The molecule has 0 bridgehead atoms. The van der Waals surface area contributed by atoms with E-state index in [1.54, 1.807) is 4.57 Å². The molecule has 1 aliphatic heterocycles. The molecule has 1 amide bonds. The number of carbonyl (C=O) groups is 1. The molecule has 1 aromatic heterocycles. The number of halogens is 1. The number of piperazine rings is 1. The minimum Gasteiger partial charge on any atom is -0.337 e. The van der Waals surface area contributed by atoms with Gasteiger partial charge in [0, 0.05) is 30.1 Å². The van der Waals surface area contributed by atoms with Crippen LogP contribution in [0.25, 0.3) is 16.6 Å². The topological polar surface area (TPSA) is 58.4 Å². The SMILES string of the molecule is CCC(c1nc2ccccc2c(=O)n1-c1ccc(Br)cc1)N1CCN(C(=O)Cc2ccccc2)C(C)C1. The van der Waals surface area contributed by atoms with E-state index in [4.69, 9.17) is 4.98 Å². The summed E-state index contributed by atoms with van der Waals surface area (Å²) in [7, 11) is 0. The van der Waals surface area contributed by atoms with Gasteiger partial charge in [-0.05, 0) is 55.3 Å². The third-order valence-electron chi connectivity index (χ3n) is 7.19. The van der Waals surface area contributed by atoms with Crippen molar-refractivity contribution >= 4 is 32.7 Å². The van der Waals surface area contributed by atoms with E-state index >= 15 is 0 Å². The van der Waals surface area contributed by atoms with E-state index in [0.717, 1.165) is 41.1 Å². The largest absolute Gasteiger partial charge is 0.337 e. The minimum atomic E-state index is -0.0638. The van der Waals surface area contributed by atoms with Crippen LogP contribution < -0.4 is 5.56 Å². The molecular formula is C30H31BrN4O2. The van der Waals surface area contributed by atoms with Crippen molar-refractivity contribution in [1.82, 2.24) is 19.4 Å². The van der Waals surface area contributed by atoms with E-state index in [2.05, 4.69) is 34.7 Å². The summed E-state index contributed by atoms with van der Waals surface area (Å²) in [6.07, 6.45) is 1.21. The quantitative estimate of drug-likeness (QED) is 0.319. The molecule has 0 spiro atoms. The number of amides is 1. The second-order valence-corrected chi connectivity index (χ2v) is 10.5. The fraction of sp³-hybridized carbons (Fsp3) is 0.300. The number of carbonyl (C=O) groups excluding carboxylic acids is 1. The highest BCUT2D eigenvalue weighted by Crippen LogP contribution is 2.28. The van der Waals surface area contributed by atoms with Gasteiger partial charge in [0.2, 0.25) is 5.91 Å². The van der Waals surface area contributed by atoms with E-state index in [0.29, 0.717) is 23.9 Å². The van der Waals surface area contributed by atoms with Crippen LogP contribution in [0.5, 0.6) is 0 Å². The summed E-state index contributed by atoms with van der Waals surface area (Å²) in [4.78, 5) is 36.3. The van der Waals surface area contributed by atoms with Crippen molar-refractivity contribution < 1.29 is 4.79 Å². The van der Waals surface area contributed by atoms with Crippen molar-refractivity contribution in [3.8, 4) is 5.69 Å². The third-order valence-corrected chi connectivity index (χ3v) is 7.72. The zero-order chi connectivity index (χ0) is 25.9. The van der Waals surface area contributed by atoms with Gasteiger partial charge in [-0.1, -0.05) is 65.3 Å². The second-order valence-electron chi connectivity index (χ2n) is 9.62. The molecule has 6 nitrogen and oxygen atoms in total. The van der Waals surface area contributed by atoms with Crippen LogP contribution in [-0.2, 0) is 11.2 Å². The minimum absolute atomic E-state index is 0.0604. The zero-order valence-electron chi connectivity index (χ0n) is 21.2. The number of fused-ring (bicyclic) bond motifs is 1. The molecule has 1 aliphatic rings. The first-order valence-electron chi connectivity index (χ1n) is 12.8. The molecule has 2 heterocycles. The highest BCUT2D eigenvalue weighted by molar-refractivity contribution is 9.10. The van der Waals surface area contributed by atoms with Crippen molar-refractivity contribution in [2.75, 3.05) is 19.6 Å². The van der Waals surface area contributed by atoms with Crippen molar-refractivity contribution in [3.05, 3.63) is 105 Å². The Labute approximate surface area is 225 Å². The molecule has 0 aliphatic carbocycles.